The predicted octanol–water partition coefficient (Wildman–Crippen LogP) is 0.974. The van der Waals surface area contributed by atoms with Crippen LogP contribution >= 0.6 is 0 Å². The summed E-state index contributed by atoms with van der Waals surface area (Å²) in [7, 11) is 0. The lowest BCUT2D eigenvalue weighted by atomic mass is 10.1. The van der Waals surface area contributed by atoms with Gasteiger partial charge in [0.05, 0.1) is 6.61 Å². The zero-order chi connectivity index (χ0) is 14.1. The lowest BCUT2D eigenvalue weighted by Crippen LogP contribution is -2.43. The van der Waals surface area contributed by atoms with Gasteiger partial charge in [-0.15, -0.1) is 0 Å². The van der Waals surface area contributed by atoms with Crippen molar-refractivity contribution in [2.24, 2.45) is 0 Å². The molecule has 0 spiro atoms. The van der Waals surface area contributed by atoms with Crippen molar-refractivity contribution < 1.29 is 14.3 Å². The van der Waals surface area contributed by atoms with Gasteiger partial charge in [0.2, 0.25) is 0 Å². The Morgan fingerprint density at radius 1 is 1.50 bits per heavy atom. The molecule has 1 aromatic rings. The van der Waals surface area contributed by atoms with Crippen molar-refractivity contribution in [2.75, 3.05) is 25.0 Å². The SMILES string of the molecule is C[C@H](Nc1ccc2c(c1)CCO2)C(=O)N1CCNC1=O. The molecule has 2 aliphatic rings. The largest absolute Gasteiger partial charge is 0.493 e. The molecule has 1 atom stereocenters. The van der Waals surface area contributed by atoms with Gasteiger partial charge in [0.15, 0.2) is 0 Å². The number of fused-ring (bicyclic) bond motifs is 1. The lowest BCUT2D eigenvalue weighted by molar-refractivity contribution is -0.128. The molecule has 1 fully saturated rings. The Bertz CT molecular complexity index is 559. The molecule has 0 aromatic heterocycles. The number of amides is 3. The van der Waals surface area contributed by atoms with Crippen molar-refractivity contribution in [1.82, 2.24) is 10.2 Å². The lowest BCUT2D eigenvalue weighted by Gasteiger charge is -2.20. The number of benzene rings is 1. The molecule has 0 unspecified atom stereocenters. The standard InChI is InChI=1S/C14H17N3O3/c1-9(13(18)17-6-5-15-14(17)19)16-11-2-3-12-10(8-11)4-7-20-12/h2-3,8-9,16H,4-7H2,1H3,(H,15,19)/t9-/m0/s1. The normalized spacial score (nSPS) is 18.2. The predicted molar refractivity (Wildman–Crippen MR) is 73.8 cm³/mol. The van der Waals surface area contributed by atoms with Crippen LogP contribution in [0.3, 0.4) is 0 Å². The monoisotopic (exact) mass is 275 g/mol. The number of ether oxygens (including phenoxy) is 1. The summed E-state index contributed by atoms with van der Waals surface area (Å²) in [5.41, 5.74) is 2.02. The molecule has 2 heterocycles. The summed E-state index contributed by atoms with van der Waals surface area (Å²) in [5.74, 6) is 0.699. The van der Waals surface area contributed by atoms with Crippen LogP contribution in [0.15, 0.2) is 18.2 Å². The summed E-state index contributed by atoms with van der Waals surface area (Å²) in [6, 6.07) is 5.03. The zero-order valence-electron chi connectivity index (χ0n) is 11.3. The minimum Gasteiger partial charge on any atom is -0.493 e. The summed E-state index contributed by atoms with van der Waals surface area (Å²) in [4.78, 5) is 24.9. The van der Waals surface area contributed by atoms with E-state index in [-0.39, 0.29) is 11.9 Å². The number of imide groups is 1. The Hall–Kier alpha value is -2.24. The molecular weight excluding hydrogens is 258 g/mol. The van der Waals surface area contributed by atoms with Gasteiger partial charge < -0.3 is 15.4 Å². The third-order valence-corrected chi connectivity index (χ3v) is 3.57. The van der Waals surface area contributed by atoms with Gasteiger partial charge in [-0.1, -0.05) is 0 Å². The number of rotatable bonds is 3. The van der Waals surface area contributed by atoms with Gasteiger partial charge in [0, 0.05) is 25.2 Å². The van der Waals surface area contributed by atoms with Crippen LogP contribution in [0.5, 0.6) is 5.75 Å². The third-order valence-electron chi connectivity index (χ3n) is 3.57. The molecule has 6 nitrogen and oxygen atoms in total. The first-order valence-electron chi connectivity index (χ1n) is 6.76. The van der Waals surface area contributed by atoms with Crippen molar-refractivity contribution in [2.45, 2.75) is 19.4 Å². The molecule has 1 saturated heterocycles. The van der Waals surface area contributed by atoms with Gasteiger partial charge in [0.25, 0.3) is 5.91 Å². The molecule has 2 aliphatic heterocycles. The Labute approximate surface area is 117 Å². The fourth-order valence-electron chi connectivity index (χ4n) is 2.50. The smallest absolute Gasteiger partial charge is 0.324 e. The zero-order valence-corrected chi connectivity index (χ0v) is 11.3. The maximum Gasteiger partial charge on any atom is 0.324 e. The van der Waals surface area contributed by atoms with Crippen molar-refractivity contribution in [1.29, 1.82) is 0 Å². The highest BCUT2D eigenvalue weighted by atomic mass is 16.5. The van der Waals surface area contributed by atoms with Crippen LogP contribution in [0.1, 0.15) is 12.5 Å². The van der Waals surface area contributed by atoms with Gasteiger partial charge in [-0.05, 0) is 30.7 Å². The summed E-state index contributed by atoms with van der Waals surface area (Å²) >= 11 is 0. The van der Waals surface area contributed by atoms with Crippen LogP contribution in [-0.2, 0) is 11.2 Å². The summed E-state index contributed by atoms with van der Waals surface area (Å²) in [6.45, 7) is 3.42. The van der Waals surface area contributed by atoms with Crippen LogP contribution in [0, 0.1) is 0 Å². The van der Waals surface area contributed by atoms with E-state index < -0.39 is 6.04 Å². The molecule has 3 amide bonds. The van der Waals surface area contributed by atoms with Crippen LogP contribution in [0.2, 0.25) is 0 Å². The molecule has 106 valence electrons. The van der Waals surface area contributed by atoms with E-state index in [0.29, 0.717) is 19.7 Å². The highest BCUT2D eigenvalue weighted by Crippen LogP contribution is 2.28. The molecule has 1 aromatic carbocycles. The fourth-order valence-corrected chi connectivity index (χ4v) is 2.50. The Balaban J connectivity index is 1.68. The highest BCUT2D eigenvalue weighted by molar-refractivity contribution is 5.99. The quantitative estimate of drug-likeness (QED) is 0.862. The summed E-state index contributed by atoms with van der Waals surface area (Å²) in [5, 5.41) is 5.77. The average Bonchev–Trinajstić information content (AvgIpc) is 3.05. The van der Waals surface area contributed by atoms with Gasteiger partial charge in [-0.3, -0.25) is 9.69 Å². The van der Waals surface area contributed by atoms with Crippen molar-refractivity contribution in [3.63, 3.8) is 0 Å². The first-order valence-corrected chi connectivity index (χ1v) is 6.76. The van der Waals surface area contributed by atoms with Crippen LogP contribution in [0.4, 0.5) is 10.5 Å². The van der Waals surface area contributed by atoms with Crippen molar-refractivity contribution in [3.05, 3.63) is 23.8 Å². The Morgan fingerprint density at radius 2 is 2.35 bits per heavy atom. The average molecular weight is 275 g/mol. The Kier molecular flexibility index (Phi) is 3.22. The Morgan fingerprint density at radius 3 is 3.10 bits per heavy atom. The van der Waals surface area contributed by atoms with E-state index in [9.17, 15) is 9.59 Å². The van der Waals surface area contributed by atoms with E-state index in [1.807, 2.05) is 18.2 Å². The molecule has 0 bridgehead atoms. The number of nitrogens with zero attached hydrogens (tertiary/aromatic N) is 1. The van der Waals surface area contributed by atoms with Gasteiger partial charge >= 0.3 is 6.03 Å². The summed E-state index contributed by atoms with van der Waals surface area (Å²) < 4.78 is 5.45. The van der Waals surface area contributed by atoms with E-state index in [1.165, 1.54) is 4.90 Å². The maximum absolute atomic E-state index is 12.2. The summed E-state index contributed by atoms with van der Waals surface area (Å²) in [6.07, 6.45) is 0.891. The van der Waals surface area contributed by atoms with E-state index in [2.05, 4.69) is 10.6 Å². The second-order valence-corrected chi connectivity index (χ2v) is 5.01. The molecular formula is C14H17N3O3. The number of hydrogen-bond acceptors (Lipinski definition) is 4. The molecule has 0 radical (unpaired) electrons. The van der Waals surface area contributed by atoms with E-state index in [1.54, 1.807) is 6.92 Å². The number of urea groups is 1. The van der Waals surface area contributed by atoms with Crippen molar-refractivity contribution >= 4 is 17.6 Å². The molecule has 0 saturated carbocycles. The fraction of sp³-hybridized carbons (Fsp3) is 0.429. The maximum atomic E-state index is 12.2. The molecule has 6 heteroatoms. The minimum atomic E-state index is -0.445. The first kappa shape index (κ1) is 12.8. The molecule has 2 N–H and O–H groups in total. The number of nitrogens with one attached hydrogen (secondary N) is 2. The van der Waals surface area contributed by atoms with Gasteiger partial charge in [-0.25, -0.2) is 4.79 Å². The molecule has 0 aliphatic carbocycles. The van der Waals surface area contributed by atoms with Crippen LogP contribution in [0.25, 0.3) is 0 Å². The number of carbonyl (C=O) groups is 2. The highest BCUT2D eigenvalue weighted by Gasteiger charge is 2.29. The minimum absolute atomic E-state index is 0.211. The van der Waals surface area contributed by atoms with Crippen molar-refractivity contribution in [3.8, 4) is 5.75 Å². The second-order valence-electron chi connectivity index (χ2n) is 5.01. The number of anilines is 1. The topological polar surface area (TPSA) is 70.7 Å². The van der Waals surface area contributed by atoms with Crippen LogP contribution in [-0.4, -0.2) is 42.6 Å². The number of hydrogen-bond donors (Lipinski definition) is 2. The number of carbonyl (C=O) groups excluding carboxylic acids is 2. The van der Waals surface area contributed by atoms with Gasteiger partial charge in [0.1, 0.15) is 11.8 Å². The third kappa shape index (κ3) is 2.29. The second kappa shape index (κ2) is 5.03. The molecule has 3 rings (SSSR count). The van der Waals surface area contributed by atoms with E-state index in [4.69, 9.17) is 4.74 Å². The first-order chi connectivity index (χ1) is 9.65. The van der Waals surface area contributed by atoms with E-state index >= 15 is 0 Å². The van der Waals surface area contributed by atoms with Crippen LogP contribution < -0.4 is 15.4 Å². The van der Waals surface area contributed by atoms with E-state index in [0.717, 1.165) is 23.4 Å². The van der Waals surface area contributed by atoms with Gasteiger partial charge in [-0.2, -0.15) is 0 Å². The molecule has 20 heavy (non-hydrogen) atoms.